The van der Waals surface area contributed by atoms with Crippen LogP contribution in [0.3, 0.4) is 0 Å². The van der Waals surface area contributed by atoms with E-state index in [1.165, 1.54) is 18.1 Å². The SMILES string of the molecule is C=CC[Si](Br)(CC)CC. The molecule has 0 fully saturated rings. The maximum Gasteiger partial charge on any atom is 0.133 e. The summed E-state index contributed by atoms with van der Waals surface area (Å²) in [6.45, 7) is 7.26. The summed E-state index contributed by atoms with van der Waals surface area (Å²) in [5, 5.41) is 0. The Bertz CT molecular complexity index is 86.9. The average molecular weight is 207 g/mol. The quantitative estimate of drug-likeness (QED) is 0.375. The Morgan fingerprint density at radius 1 is 1.44 bits per heavy atom. The third-order valence-corrected chi connectivity index (χ3v) is 9.67. The summed E-state index contributed by atoms with van der Waals surface area (Å²) >= 11 is 3.81. The molecule has 0 N–H and O–H groups in total. The van der Waals surface area contributed by atoms with Crippen LogP contribution in [-0.2, 0) is 0 Å². The van der Waals surface area contributed by atoms with Crippen molar-refractivity contribution in [2.24, 2.45) is 0 Å². The molecule has 0 bridgehead atoms. The Morgan fingerprint density at radius 2 is 1.89 bits per heavy atom. The monoisotopic (exact) mass is 206 g/mol. The lowest BCUT2D eigenvalue weighted by Crippen LogP contribution is -2.21. The van der Waals surface area contributed by atoms with Crippen molar-refractivity contribution in [2.45, 2.75) is 32.0 Å². The highest BCUT2D eigenvalue weighted by Crippen LogP contribution is 2.26. The highest BCUT2D eigenvalue weighted by molar-refractivity contribution is 9.26. The van der Waals surface area contributed by atoms with Gasteiger partial charge in [0.1, 0.15) is 6.69 Å². The zero-order valence-corrected chi connectivity index (χ0v) is 8.87. The summed E-state index contributed by atoms with van der Waals surface area (Å²) in [4.78, 5) is 0. The molecule has 54 valence electrons. The minimum absolute atomic E-state index is 1.00. The van der Waals surface area contributed by atoms with Crippen LogP contribution in [0.1, 0.15) is 13.8 Å². The normalized spacial score (nSPS) is 11.4. The van der Waals surface area contributed by atoms with Crippen molar-refractivity contribution < 1.29 is 0 Å². The number of hydrogen-bond acceptors (Lipinski definition) is 0. The number of allylic oxidation sites excluding steroid dienone is 1. The maximum atomic E-state index is 3.81. The maximum absolute atomic E-state index is 3.81. The molecule has 0 rings (SSSR count). The van der Waals surface area contributed by atoms with Gasteiger partial charge in [-0.3, -0.25) is 0 Å². The highest BCUT2D eigenvalue weighted by Gasteiger charge is 2.22. The van der Waals surface area contributed by atoms with E-state index in [9.17, 15) is 0 Å². The zero-order valence-electron chi connectivity index (χ0n) is 6.28. The molecule has 0 aromatic carbocycles. The van der Waals surface area contributed by atoms with Crippen molar-refractivity contribution in [1.29, 1.82) is 0 Å². The van der Waals surface area contributed by atoms with Crippen LogP contribution >= 0.6 is 15.3 Å². The van der Waals surface area contributed by atoms with Gasteiger partial charge in [-0.2, -0.15) is 0 Å². The Balaban J connectivity index is 3.75. The van der Waals surface area contributed by atoms with Gasteiger partial charge >= 0.3 is 0 Å². The summed E-state index contributed by atoms with van der Waals surface area (Å²) < 4.78 is 0. The Kier molecular flexibility index (Phi) is 4.49. The van der Waals surface area contributed by atoms with Gasteiger partial charge < -0.3 is 0 Å². The molecule has 2 heteroatoms. The lowest BCUT2D eigenvalue weighted by molar-refractivity contribution is 1.27. The van der Waals surface area contributed by atoms with Crippen LogP contribution in [-0.4, -0.2) is 6.69 Å². The van der Waals surface area contributed by atoms with Crippen molar-refractivity contribution in [3.05, 3.63) is 12.7 Å². The fraction of sp³-hybridized carbons (Fsp3) is 0.714. The molecule has 0 saturated heterocycles. The Hall–Kier alpha value is 0.437. The average Bonchev–Trinajstić information content (AvgIpc) is 1.89. The topological polar surface area (TPSA) is 0 Å². The third-order valence-electron chi connectivity index (χ3n) is 1.78. The first kappa shape index (κ1) is 9.44. The third kappa shape index (κ3) is 3.21. The van der Waals surface area contributed by atoms with Gasteiger partial charge in [0.15, 0.2) is 0 Å². The first-order chi connectivity index (χ1) is 4.18. The molecule has 0 radical (unpaired) electrons. The van der Waals surface area contributed by atoms with E-state index in [1.54, 1.807) is 0 Å². The first-order valence-electron chi connectivity index (χ1n) is 3.48. The minimum Gasteiger partial charge on any atom is -0.126 e. The number of halogens is 1. The second-order valence-electron chi connectivity index (χ2n) is 2.35. The van der Waals surface area contributed by atoms with E-state index in [-0.39, 0.29) is 0 Å². The number of rotatable bonds is 4. The Morgan fingerprint density at radius 3 is 2.00 bits per heavy atom. The van der Waals surface area contributed by atoms with E-state index >= 15 is 0 Å². The molecule has 0 amide bonds. The predicted octanol–water partition coefficient (Wildman–Crippen LogP) is 3.55. The van der Waals surface area contributed by atoms with E-state index in [2.05, 4.69) is 35.7 Å². The molecule has 0 heterocycles. The predicted molar refractivity (Wildman–Crippen MR) is 50.6 cm³/mol. The fourth-order valence-electron chi connectivity index (χ4n) is 0.797. The van der Waals surface area contributed by atoms with Gasteiger partial charge in [0, 0.05) is 0 Å². The molecule has 0 nitrogen and oxygen atoms in total. The van der Waals surface area contributed by atoms with Crippen molar-refractivity contribution in [3.8, 4) is 0 Å². The van der Waals surface area contributed by atoms with Crippen molar-refractivity contribution >= 4 is 22.0 Å². The van der Waals surface area contributed by atoms with Crippen LogP contribution in [0.15, 0.2) is 12.7 Å². The van der Waals surface area contributed by atoms with Crippen molar-refractivity contribution in [2.75, 3.05) is 0 Å². The van der Waals surface area contributed by atoms with Gasteiger partial charge in [-0.05, 0) is 6.04 Å². The summed E-state index contributed by atoms with van der Waals surface area (Å²) in [6.07, 6.45) is 2.04. The van der Waals surface area contributed by atoms with Crippen LogP contribution in [0.5, 0.6) is 0 Å². The zero-order chi connectivity index (χ0) is 7.33. The molecule has 0 aliphatic carbocycles. The number of hydrogen-bond donors (Lipinski definition) is 0. The molecule has 9 heavy (non-hydrogen) atoms. The van der Waals surface area contributed by atoms with Gasteiger partial charge in [0.2, 0.25) is 0 Å². The summed E-state index contributed by atoms with van der Waals surface area (Å²) in [5.74, 6) is 0. The second-order valence-corrected chi connectivity index (χ2v) is 11.5. The van der Waals surface area contributed by atoms with E-state index in [4.69, 9.17) is 0 Å². The standard InChI is InChI=1S/C7H15BrSi/c1-4-7-9(8,5-2)6-3/h4H,1,5-7H2,2-3H3. The van der Waals surface area contributed by atoms with Crippen LogP contribution in [0, 0.1) is 0 Å². The molecule has 0 spiro atoms. The van der Waals surface area contributed by atoms with Crippen LogP contribution in [0.2, 0.25) is 18.1 Å². The van der Waals surface area contributed by atoms with Crippen molar-refractivity contribution in [3.63, 3.8) is 0 Å². The van der Waals surface area contributed by atoms with Gasteiger partial charge in [0.05, 0.1) is 0 Å². The highest BCUT2D eigenvalue weighted by atomic mass is 79.9. The lowest BCUT2D eigenvalue weighted by Gasteiger charge is -2.18. The van der Waals surface area contributed by atoms with Gasteiger partial charge in [-0.1, -0.05) is 32.0 Å². The van der Waals surface area contributed by atoms with E-state index < -0.39 is 6.69 Å². The fourth-order valence-corrected chi connectivity index (χ4v) is 3.08. The summed E-state index contributed by atoms with van der Waals surface area (Å²) in [7, 11) is 0. The minimum atomic E-state index is -1.00. The van der Waals surface area contributed by atoms with Crippen LogP contribution in [0.4, 0.5) is 0 Å². The molecule has 0 aliphatic heterocycles. The molecule has 0 aliphatic rings. The van der Waals surface area contributed by atoms with Gasteiger partial charge in [-0.15, -0.1) is 21.9 Å². The van der Waals surface area contributed by atoms with Gasteiger partial charge in [-0.25, -0.2) is 0 Å². The molecule has 0 atom stereocenters. The first-order valence-corrected chi connectivity index (χ1v) is 8.36. The van der Waals surface area contributed by atoms with Crippen LogP contribution < -0.4 is 0 Å². The molecular weight excluding hydrogens is 192 g/mol. The molecular formula is C7H15BrSi. The summed E-state index contributed by atoms with van der Waals surface area (Å²) in [6, 6.07) is 3.84. The van der Waals surface area contributed by atoms with E-state index in [0.29, 0.717) is 0 Å². The van der Waals surface area contributed by atoms with Crippen molar-refractivity contribution in [1.82, 2.24) is 0 Å². The largest absolute Gasteiger partial charge is 0.133 e. The molecule has 0 aromatic heterocycles. The molecule has 0 unspecified atom stereocenters. The Labute approximate surface area is 66.9 Å². The smallest absolute Gasteiger partial charge is 0.126 e. The lowest BCUT2D eigenvalue weighted by atomic mass is 10.8. The second kappa shape index (κ2) is 4.28. The van der Waals surface area contributed by atoms with Crippen LogP contribution in [0.25, 0.3) is 0 Å². The van der Waals surface area contributed by atoms with E-state index in [1.807, 2.05) is 6.08 Å². The van der Waals surface area contributed by atoms with E-state index in [0.717, 1.165) is 0 Å². The van der Waals surface area contributed by atoms with Gasteiger partial charge in [0.25, 0.3) is 0 Å². The molecule has 0 aromatic rings. The summed E-state index contributed by atoms with van der Waals surface area (Å²) in [5.41, 5.74) is 0. The molecule has 0 saturated carbocycles.